The fourth-order valence-electron chi connectivity index (χ4n) is 2.20. The lowest BCUT2D eigenvalue weighted by atomic mass is 10.2. The number of hydrogen-bond acceptors (Lipinski definition) is 4. The van der Waals surface area contributed by atoms with Gasteiger partial charge >= 0.3 is 0 Å². The maximum Gasteiger partial charge on any atom is 0.240 e. The first kappa shape index (κ1) is 16.1. The number of carbonyl (C=O) groups excluding carboxylic acids is 2. The largest absolute Gasteiger partial charge is 0.459 e. The number of thioether (sulfide) groups is 1. The fourth-order valence-corrected chi connectivity index (χ4v) is 3.37. The maximum atomic E-state index is 11.9. The topological polar surface area (TPSA) is 62.6 Å². The molecule has 2 amide bonds. The second-order valence-electron chi connectivity index (χ2n) is 5.12. The van der Waals surface area contributed by atoms with Crippen molar-refractivity contribution in [3.63, 3.8) is 0 Å². The molecule has 1 fully saturated rings. The predicted molar refractivity (Wildman–Crippen MR) is 92.7 cm³/mol. The van der Waals surface area contributed by atoms with Crippen LogP contribution in [0.15, 0.2) is 45.3 Å². The second-order valence-corrected chi connectivity index (χ2v) is 6.99. The molecule has 3 rings (SSSR count). The number of halogens is 1. The van der Waals surface area contributed by atoms with Gasteiger partial charge in [-0.25, -0.2) is 0 Å². The van der Waals surface area contributed by atoms with E-state index in [1.807, 2.05) is 36.4 Å². The summed E-state index contributed by atoms with van der Waals surface area (Å²) in [4.78, 5) is 24.9. The molecule has 0 radical (unpaired) electrons. The van der Waals surface area contributed by atoms with E-state index in [1.165, 1.54) is 11.8 Å². The van der Waals surface area contributed by atoms with Crippen LogP contribution in [-0.2, 0) is 16.1 Å². The van der Waals surface area contributed by atoms with Crippen molar-refractivity contribution in [2.24, 2.45) is 0 Å². The van der Waals surface area contributed by atoms with E-state index in [4.69, 9.17) is 4.42 Å². The van der Waals surface area contributed by atoms with E-state index in [9.17, 15) is 9.59 Å². The zero-order valence-electron chi connectivity index (χ0n) is 12.3. The van der Waals surface area contributed by atoms with Crippen LogP contribution >= 0.6 is 27.7 Å². The van der Waals surface area contributed by atoms with Gasteiger partial charge in [-0.3, -0.25) is 9.59 Å². The Morgan fingerprint density at radius 1 is 1.26 bits per heavy atom. The van der Waals surface area contributed by atoms with Gasteiger partial charge in [-0.05, 0) is 24.3 Å². The van der Waals surface area contributed by atoms with Gasteiger partial charge in [0.25, 0.3) is 0 Å². The molecule has 1 N–H and O–H groups in total. The molecule has 0 atom stereocenters. The Labute approximate surface area is 146 Å². The van der Waals surface area contributed by atoms with Crippen LogP contribution in [0.25, 0.3) is 11.3 Å². The summed E-state index contributed by atoms with van der Waals surface area (Å²) in [6.45, 7) is 0.413. The lowest BCUT2D eigenvalue weighted by Crippen LogP contribution is -2.37. The SMILES string of the molecule is O=C(CN1CSCC1=O)NCc1ccc(-c2ccc(Br)cc2)o1. The Morgan fingerprint density at radius 2 is 2.04 bits per heavy atom. The first-order valence-electron chi connectivity index (χ1n) is 7.09. The van der Waals surface area contributed by atoms with Crippen LogP contribution in [0.1, 0.15) is 5.76 Å². The summed E-state index contributed by atoms with van der Waals surface area (Å²) >= 11 is 4.92. The van der Waals surface area contributed by atoms with Gasteiger partial charge in [-0.2, -0.15) is 0 Å². The first-order valence-corrected chi connectivity index (χ1v) is 9.03. The highest BCUT2D eigenvalue weighted by Crippen LogP contribution is 2.24. The summed E-state index contributed by atoms with van der Waals surface area (Å²) in [5.74, 6) is 2.32. The van der Waals surface area contributed by atoms with Gasteiger partial charge < -0.3 is 14.6 Å². The molecule has 2 aromatic rings. The standard InChI is InChI=1S/C16H15BrN2O3S/c17-12-3-1-11(2-4-12)14-6-5-13(22-14)7-18-15(20)8-19-10-23-9-16(19)21/h1-6H,7-10H2,(H,18,20). The number of nitrogens with zero attached hydrogens (tertiary/aromatic N) is 1. The van der Waals surface area contributed by atoms with Crippen LogP contribution in [0.2, 0.25) is 0 Å². The third-order valence-electron chi connectivity index (χ3n) is 3.41. The third-order valence-corrected chi connectivity index (χ3v) is 4.88. The lowest BCUT2D eigenvalue weighted by Gasteiger charge is -2.13. The molecule has 1 aliphatic heterocycles. The maximum absolute atomic E-state index is 11.9. The molecule has 5 nitrogen and oxygen atoms in total. The van der Waals surface area contributed by atoms with Crippen LogP contribution in [0.3, 0.4) is 0 Å². The molecule has 1 aliphatic rings. The van der Waals surface area contributed by atoms with E-state index in [0.717, 1.165) is 15.8 Å². The van der Waals surface area contributed by atoms with Crippen molar-refractivity contribution in [2.45, 2.75) is 6.54 Å². The van der Waals surface area contributed by atoms with E-state index < -0.39 is 0 Å². The Bertz CT molecular complexity index is 714. The van der Waals surface area contributed by atoms with Crippen molar-refractivity contribution in [3.8, 4) is 11.3 Å². The van der Waals surface area contributed by atoms with Gasteiger partial charge in [0.1, 0.15) is 18.1 Å². The van der Waals surface area contributed by atoms with Crippen LogP contribution in [0.4, 0.5) is 0 Å². The van der Waals surface area contributed by atoms with Gasteiger partial charge in [0.05, 0.1) is 18.2 Å². The van der Waals surface area contributed by atoms with E-state index in [0.29, 0.717) is 23.9 Å². The summed E-state index contributed by atoms with van der Waals surface area (Å²) < 4.78 is 6.75. The number of rotatable bonds is 5. The van der Waals surface area contributed by atoms with E-state index >= 15 is 0 Å². The van der Waals surface area contributed by atoms with Gasteiger partial charge in [0.15, 0.2) is 0 Å². The normalized spacial score (nSPS) is 14.3. The summed E-state index contributed by atoms with van der Waals surface area (Å²) in [5.41, 5.74) is 0.977. The molecule has 2 heterocycles. The van der Waals surface area contributed by atoms with Crippen LogP contribution < -0.4 is 5.32 Å². The highest BCUT2D eigenvalue weighted by Gasteiger charge is 2.22. The molecular weight excluding hydrogens is 380 g/mol. The smallest absolute Gasteiger partial charge is 0.240 e. The minimum Gasteiger partial charge on any atom is -0.459 e. The lowest BCUT2D eigenvalue weighted by molar-refractivity contribution is -0.132. The summed E-state index contributed by atoms with van der Waals surface area (Å²) in [5, 5.41) is 2.78. The summed E-state index contributed by atoms with van der Waals surface area (Å²) in [6, 6.07) is 11.5. The highest BCUT2D eigenvalue weighted by molar-refractivity contribution is 9.10. The number of amides is 2. The molecule has 1 saturated heterocycles. The van der Waals surface area contributed by atoms with E-state index in [2.05, 4.69) is 21.2 Å². The van der Waals surface area contributed by atoms with Crippen molar-refractivity contribution in [3.05, 3.63) is 46.6 Å². The van der Waals surface area contributed by atoms with Crippen LogP contribution in [0.5, 0.6) is 0 Å². The third kappa shape index (κ3) is 4.17. The highest BCUT2D eigenvalue weighted by atomic mass is 79.9. The summed E-state index contributed by atoms with van der Waals surface area (Å²) in [7, 11) is 0. The zero-order valence-corrected chi connectivity index (χ0v) is 14.7. The number of carbonyl (C=O) groups is 2. The molecule has 1 aromatic heterocycles. The molecule has 0 saturated carbocycles. The molecule has 1 aromatic carbocycles. The zero-order chi connectivity index (χ0) is 16.2. The molecule has 0 bridgehead atoms. The van der Waals surface area contributed by atoms with E-state index in [1.54, 1.807) is 4.90 Å². The molecule has 0 aliphatic carbocycles. The van der Waals surface area contributed by atoms with Gasteiger partial charge in [-0.15, -0.1) is 11.8 Å². The van der Waals surface area contributed by atoms with Gasteiger partial charge in [-0.1, -0.05) is 28.1 Å². The van der Waals surface area contributed by atoms with Crippen LogP contribution in [0, 0.1) is 0 Å². The predicted octanol–water partition coefficient (Wildman–Crippen LogP) is 2.86. The van der Waals surface area contributed by atoms with Crippen molar-refractivity contribution in [2.75, 3.05) is 18.2 Å². The summed E-state index contributed by atoms with van der Waals surface area (Å²) in [6.07, 6.45) is 0. The Balaban J connectivity index is 1.53. The van der Waals surface area contributed by atoms with Gasteiger partial charge in [0, 0.05) is 10.0 Å². The molecule has 0 unspecified atom stereocenters. The molecular formula is C16H15BrN2O3S. The second kappa shape index (κ2) is 7.23. The number of hydrogen-bond donors (Lipinski definition) is 1. The quantitative estimate of drug-likeness (QED) is 0.846. The monoisotopic (exact) mass is 394 g/mol. The number of nitrogens with one attached hydrogen (secondary N) is 1. The number of benzene rings is 1. The first-order chi connectivity index (χ1) is 11.1. The molecule has 120 valence electrons. The average Bonchev–Trinajstić information content (AvgIpc) is 3.16. The van der Waals surface area contributed by atoms with Crippen molar-refractivity contribution in [1.82, 2.24) is 10.2 Å². The van der Waals surface area contributed by atoms with Crippen molar-refractivity contribution < 1.29 is 14.0 Å². The van der Waals surface area contributed by atoms with Crippen molar-refractivity contribution >= 4 is 39.5 Å². The van der Waals surface area contributed by atoms with E-state index in [-0.39, 0.29) is 18.4 Å². The van der Waals surface area contributed by atoms with Crippen LogP contribution in [-0.4, -0.2) is 34.9 Å². The van der Waals surface area contributed by atoms with Crippen molar-refractivity contribution in [1.29, 1.82) is 0 Å². The minimum atomic E-state index is -0.178. The minimum absolute atomic E-state index is 0.0145. The average molecular weight is 395 g/mol. The Kier molecular flexibility index (Phi) is 5.07. The molecule has 23 heavy (non-hydrogen) atoms. The van der Waals surface area contributed by atoms with Gasteiger partial charge in [0.2, 0.25) is 11.8 Å². The molecule has 7 heteroatoms. The number of furan rings is 1. The Hall–Kier alpha value is -1.73. The molecule has 0 spiro atoms. The fraction of sp³-hybridized carbons (Fsp3) is 0.250. The Morgan fingerprint density at radius 3 is 2.74 bits per heavy atom.